The monoisotopic (exact) mass is 356 g/mol. The molecule has 0 saturated heterocycles. The van der Waals surface area contributed by atoms with Crippen molar-refractivity contribution in [2.75, 3.05) is 16.8 Å². The molecule has 0 heterocycles. The van der Waals surface area contributed by atoms with Gasteiger partial charge >= 0.3 is 0 Å². The molecule has 0 aliphatic heterocycles. The molecule has 2 aliphatic rings. The lowest BCUT2D eigenvalue weighted by Crippen LogP contribution is -2.44. The zero-order valence-electron chi connectivity index (χ0n) is 17.0. The minimum atomic E-state index is 0.754. The van der Waals surface area contributed by atoms with Crippen molar-refractivity contribution in [2.45, 2.75) is 109 Å². The first kappa shape index (κ1) is 19.6. The van der Waals surface area contributed by atoms with Crippen molar-refractivity contribution in [1.82, 2.24) is 0 Å². The molecule has 2 fully saturated rings. The summed E-state index contributed by atoms with van der Waals surface area (Å²) in [4.78, 5) is 2.88. The van der Waals surface area contributed by atoms with E-state index >= 15 is 0 Å². The van der Waals surface area contributed by atoms with Gasteiger partial charge in [0.1, 0.15) is 0 Å². The van der Waals surface area contributed by atoms with Gasteiger partial charge in [0.15, 0.2) is 0 Å². The van der Waals surface area contributed by atoms with Crippen LogP contribution in [0.3, 0.4) is 0 Å². The lowest BCUT2D eigenvalue weighted by atomic mass is 9.90. The van der Waals surface area contributed by atoms with Crippen LogP contribution in [0.25, 0.3) is 0 Å². The highest BCUT2D eigenvalue weighted by molar-refractivity contribution is 5.56. The van der Waals surface area contributed by atoms with E-state index < -0.39 is 0 Å². The minimum Gasteiger partial charge on any atom is -0.385 e. The molecule has 1 aromatic rings. The molecule has 2 saturated carbocycles. The van der Waals surface area contributed by atoms with Crippen LogP contribution < -0.4 is 10.2 Å². The summed E-state index contributed by atoms with van der Waals surface area (Å²) in [6.45, 7) is 3.16. The van der Waals surface area contributed by atoms with E-state index in [1.807, 2.05) is 0 Å². The Kier molecular flexibility index (Phi) is 8.17. The van der Waals surface area contributed by atoms with E-state index in [2.05, 4.69) is 41.4 Å². The number of benzene rings is 1. The maximum Gasteiger partial charge on any atom is 0.0372 e. The molecular weight excluding hydrogens is 316 g/mol. The molecule has 2 heteroatoms. The van der Waals surface area contributed by atoms with Crippen LogP contribution in [0, 0.1) is 0 Å². The summed E-state index contributed by atoms with van der Waals surface area (Å²) >= 11 is 0. The second-order valence-corrected chi connectivity index (χ2v) is 8.48. The molecule has 0 amide bonds. The lowest BCUT2D eigenvalue weighted by molar-refractivity contribution is 0.360. The van der Waals surface area contributed by atoms with Gasteiger partial charge in [-0.15, -0.1) is 0 Å². The molecule has 1 aromatic carbocycles. The second kappa shape index (κ2) is 10.8. The van der Waals surface area contributed by atoms with Crippen LogP contribution >= 0.6 is 0 Å². The highest BCUT2D eigenvalue weighted by atomic mass is 15.2. The summed E-state index contributed by atoms with van der Waals surface area (Å²) in [6.07, 6.45) is 19.9. The van der Waals surface area contributed by atoms with E-state index in [0.717, 1.165) is 18.6 Å². The molecule has 0 atom stereocenters. The van der Waals surface area contributed by atoms with E-state index in [1.165, 1.54) is 101 Å². The molecule has 2 nitrogen and oxygen atoms in total. The third kappa shape index (κ3) is 5.66. The topological polar surface area (TPSA) is 15.3 Å². The lowest BCUT2D eigenvalue weighted by Gasteiger charge is -2.42. The van der Waals surface area contributed by atoms with Crippen LogP contribution in [0.5, 0.6) is 0 Å². The molecular formula is C24H40N2. The summed E-state index contributed by atoms with van der Waals surface area (Å²) in [5, 5.41) is 3.45. The minimum absolute atomic E-state index is 0.754. The van der Waals surface area contributed by atoms with Gasteiger partial charge in [-0.1, -0.05) is 64.2 Å². The Labute approximate surface area is 161 Å². The Balaban J connectivity index is 1.81. The van der Waals surface area contributed by atoms with Crippen molar-refractivity contribution in [3.8, 4) is 0 Å². The van der Waals surface area contributed by atoms with Crippen molar-refractivity contribution in [1.29, 1.82) is 0 Å². The molecule has 1 N–H and O–H groups in total. The van der Waals surface area contributed by atoms with Crippen molar-refractivity contribution < 1.29 is 0 Å². The molecule has 146 valence electrons. The van der Waals surface area contributed by atoms with Crippen LogP contribution in [0.15, 0.2) is 24.3 Å². The highest BCUT2D eigenvalue weighted by Crippen LogP contribution is 2.33. The Morgan fingerprint density at radius 3 is 1.54 bits per heavy atom. The molecule has 3 rings (SSSR count). The second-order valence-electron chi connectivity index (χ2n) is 8.48. The van der Waals surface area contributed by atoms with Crippen molar-refractivity contribution in [3.63, 3.8) is 0 Å². The Morgan fingerprint density at radius 1 is 0.692 bits per heavy atom. The van der Waals surface area contributed by atoms with Crippen LogP contribution in [0.2, 0.25) is 0 Å². The Hall–Kier alpha value is -1.18. The average Bonchev–Trinajstić information content (AvgIpc) is 2.59. The third-order valence-electron chi connectivity index (χ3n) is 6.48. The molecule has 0 unspecified atom stereocenters. The van der Waals surface area contributed by atoms with Gasteiger partial charge in [0.05, 0.1) is 0 Å². The van der Waals surface area contributed by atoms with Gasteiger partial charge in [0, 0.05) is 30.0 Å². The van der Waals surface area contributed by atoms with Crippen LogP contribution in [0.4, 0.5) is 11.4 Å². The summed E-state index contributed by atoms with van der Waals surface area (Å²) in [6, 6.07) is 10.9. The van der Waals surface area contributed by atoms with E-state index in [1.54, 1.807) is 0 Å². The Morgan fingerprint density at radius 2 is 1.12 bits per heavy atom. The maximum atomic E-state index is 3.45. The zero-order chi connectivity index (χ0) is 18.0. The first-order chi connectivity index (χ1) is 12.9. The van der Waals surface area contributed by atoms with Gasteiger partial charge in [0.25, 0.3) is 0 Å². The van der Waals surface area contributed by atoms with Crippen LogP contribution in [-0.4, -0.2) is 18.6 Å². The van der Waals surface area contributed by atoms with Gasteiger partial charge < -0.3 is 10.2 Å². The molecule has 0 bridgehead atoms. The highest BCUT2D eigenvalue weighted by Gasteiger charge is 2.27. The Bertz CT molecular complexity index is 457. The standard InChI is InChI=1S/C24H40N2/c1-2-25-21-17-19-24(20-18-21)26(22-13-9-5-3-6-10-14-22)23-15-11-7-4-8-12-16-23/h17-20,22-23,25H,2-16H2,1H3. The normalized spacial score (nSPS) is 21.3. The SMILES string of the molecule is CCNc1ccc(N(C2CCCCCCC2)C2CCCCCCC2)cc1. The fraction of sp³-hybridized carbons (Fsp3) is 0.750. The van der Waals surface area contributed by atoms with Crippen molar-refractivity contribution >= 4 is 11.4 Å². The van der Waals surface area contributed by atoms with E-state index in [-0.39, 0.29) is 0 Å². The molecule has 26 heavy (non-hydrogen) atoms. The summed E-state index contributed by atoms with van der Waals surface area (Å²) in [5.74, 6) is 0. The zero-order valence-corrected chi connectivity index (χ0v) is 17.0. The number of hydrogen-bond acceptors (Lipinski definition) is 2. The quantitative estimate of drug-likeness (QED) is 0.602. The van der Waals surface area contributed by atoms with Crippen molar-refractivity contribution in [3.05, 3.63) is 24.3 Å². The molecule has 0 radical (unpaired) electrons. The van der Waals surface area contributed by atoms with E-state index in [0.29, 0.717) is 0 Å². The first-order valence-corrected chi connectivity index (χ1v) is 11.5. The molecule has 2 aliphatic carbocycles. The van der Waals surface area contributed by atoms with Crippen molar-refractivity contribution in [2.24, 2.45) is 0 Å². The summed E-state index contributed by atoms with van der Waals surface area (Å²) in [7, 11) is 0. The number of hydrogen-bond donors (Lipinski definition) is 1. The third-order valence-corrected chi connectivity index (χ3v) is 6.48. The smallest absolute Gasteiger partial charge is 0.0372 e. The predicted octanol–water partition coefficient (Wildman–Crippen LogP) is 7.15. The largest absolute Gasteiger partial charge is 0.385 e. The molecule has 0 spiro atoms. The van der Waals surface area contributed by atoms with Gasteiger partial charge in [-0.3, -0.25) is 0 Å². The predicted molar refractivity (Wildman–Crippen MR) is 115 cm³/mol. The van der Waals surface area contributed by atoms with Gasteiger partial charge in [-0.2, -0.15) is 0 Å². The first-order valence-electron chi connectivity index (χ1n) is 11.5. The average molecular weight is 357 g/mol. The fourth-order valence-corrected chi connectivity index (χ4v) is 5.10. The number of anilines is 2. The number of nitrogens with zero attached hydrogens (tertiary/aromatic N) is 1. The van der Waals surface area contributed by atoms with E-state index in [9.17, 15) is 0 Å². The van der Waals surface area contributed by atoms with Crippen LogP contribution in [-0.2, 0) is 0 Å². The summed E-state index contributed by atoms with van der Waals surface area (Å²) < 4.78 is 0. The maximum absolute atomic E-state index is 3.45. The van der Waals surface area contributed by atoms with Gasteiger partial charge in [0.2, 0.25) is 0 Å². The molecule has 0 aromatic heterocycles. The van der Waals surface area contributed by atoms with Gasteiger partial charge in [-0.05, 0) is 56.9 Å². The van der Waals surface area contributed by atoms with Gasteiger partial charge in [-0.25, -0.2) is 0 Å². The number of nitrogens with one attached hydrogen (secondary N) is 1. The summed E-state index contributed by atoms with van der Waals surface area (Å²) in [5.41, 5.74) is 2.73. The van der Waals surface area contributed by atoms with Crippen LogP contribution in [0.1, 0.15) is 96.8 Å². The number of rotatable bonds is 5. The fourth-order valence-electron chi connectivity index (χ4n) is 5.10. The van der Waals surface area contributed by atoms with E-state index in [4.69, 9.17) is 0 Å².